The molecule has 3 rings (SSSR count). The van der Waals surface area contributed by atoms with Crippen LogP contribution in [0.15, 0.2) is 48.1 Å². The van der Waals surface area contributed by atoms with Gasteiger partial charge in [0.25, 0.3) is 0 Å². The van der Waals surface area contributed by atoms with E-state index in [4.69, 9.17) is 10.5 Å². The Hall–Kier alpha value is -2.67. The smallest absolute Gasteiger partial charge is 0.156 e. The number of fused-ring (bicyclic) bond motifs is 1. The lowest BCUT2D eigenvalue weighted by molar-refractivity contribution is 0.0532. The zero-order chi connectivity index (χ0) is 16.2. The molecule has 120 valence electrons. The van der Waals surface area contributed by atoms with Crippen LogP contribution in [0.5, 0.6) is 0 Å². The summed E-state index contributed by atoms with van der Waals surface area (Å²) in [7, 11) is 0. The number of allylic oxidation sites excluding steroid dienone is 2. The summed E-state index contributed by atoms with van der Waals surface area (Å²) in [4.78, 5) is 15.3. The SMILES string of the molecule is C=C/C=C(\N=C(N)c1c(C)nc2cnccn12)N1CCOCC1. The molecule has 1 saturated heterocycles. The molecule has 0 aromatic carbocycles. The monoisotopic (exact) mass is 312 g/mol. The van der Waals surface area contributed by atoms with E-state index in [1.165, 1.54) is 0 Å². The van der Waals surface area contributed by atoms with Gasteiger partial charge in [0.15, 0.2) is 11.5 Å². The third kappa shape index (κ3) is 3.09. The number of nitrogens with zero attached hydrogens (tertiary/aromatic N) is 5. The maximum atomic E-state index is 6.28. The lowest BCUT2D eigenvalue weighted by Gasteiger charge is -2.28. The first kappa shape index (κ1) is 15.2. The molecule has 7 heteroatoms. The molecule has 0 radical (unpaired) electrons. The molecule has 23 heavy (non-hydrogen) atoms. The largest absolute Gasteiger partial charge is 0.382 e. The van der Waals surface area contributed by atoms with Gasteiger partial charge in [-0.15, -0.1) is 0 Å². The molecule has 0 aliphatic carbocycles. The van der Waals surface area contributed by atoms with Gasteiger partial charge in [0.2, 0.25) is 0 Å². The van der Waals surface area contributed by atoms with Crippen molar-refractivity contribution in [1.29, 1.82) is 0 Å². The lowest BCUT2D eigenvalue weighted by Crippen LogP contribution is -2.35. The lowest BCUT2D eigenvalue weighted by atomic mass is 10.3. The minimum absolute atomic E-state index is 0.417. The van der Waals surface area contributed by atoms with Crippen LogP contribution in [0, 0.1) is 6.92 Å². The van der Waals surface area contributed by atoms with Gasteiger partial charge in [-0.3, -0.25) is 9.38 Å². The maximum Gasteiger partial charge on any atom is 0.156 e. The molecule has 2 aromatic rings. The molecule has 1 fully saturated rings. The van der Waals surface area contributed by atoms with Crippen molar-refractivity contribution in [3.05, 3.63) is 54.5 Å². The first-order valence-corrected chi connectivity index (χ1v) is 7.49. The molecule has 0 atom stereocenters. The van der Waals surface area contributed by atoms with E-state index in [-0.39, 0.29) is 0 Å². The molecule has 0 bridgehead atoms. The second-order valence-electron chi connectivity index (χ2n) is 5.21. The minimum Gasteiger partial charge on any atom is -0.382 e. The molecule has 1 aliphatic rings. The first-order chi connectivity index (χ1) is 11.2. The van der Waals surface area contributed by atoms with Gasteiger partial charge in [0.05, 0.1) is 25.1 Å². The van der Waals surface area contributed by atoms with E-state index in [0.29, 0.717) is 19.0 Å². The average molecular weight is 312 g/mol. The van der Waals surface area contributed by atoms with Crippen LogP contribution in [0.2, 0.25) is 0 Å². The van der Waals surface area contributed by atoms with Crippen LogP contribution in [0.1, 0.15) is 11.4 Å². The predicted molar refractivity (Wildman–Crippen MR) is 89.1 cm³/mol. The Labute approximate surface area is 134 Å². The summed E-state index contributed by atoms with van der Waals surface area (Å²) in [5.74, 6) is 1.20. The fraction of sp³-hybridized carbons (Fsp3) is 0.312. The van der Waals surface area contributed by atoms with E-state index in [1.807, 2.05) is 23.6 Å². The Morgan fingerprint density at radius 1 is 1.43 bits per heavy atom. The highest BCUT2D eigenvalue weighted by atomic mass is 16.5. The average Bonchev–Trinajstić information content (AvgIpc) is 2.91. The van der Waals surface area contributed by atoms with E-state index < -0.39 is 0 Å². The summed E-state index contributed by atoms with van der Waals surface area (Å²) in [5.41, 5.74) is 8.63. The second-order valence-corrected chi connectivity index (χ2v) is 5.21. The molecule has 2 aromatic heterocycles. The third-order valence-electron chi connectivity index (χ3n) is 3.68. The van der Waals surface area contributed by atoms with Crippen LogP contribution in [0.4, 0.5) is 0 Å². The van der Waals surface area contributed by atoms with Gasteiger partial charge in [-0.05, 0) is 13.0 Å². The van der Waals surface area contributed by atoms with Crippen molar-refractivity contribution in [3.63, 3.8) is 0 Å². The molecule has 0 spiro atoms. The number of nitrogens with two attached hydrogens (primary N) is 1. The molecular weight excluding hydrogens is 292 g/mol. The number of morpholine rings is 1. The van der Waals surface area contributed by atoms with Crippen LogP contribution in [0.25, 0.3) is 5.65 Å². The molecular formula is C16H20N6O. The van der Waals surface area contributed by atoms with E-state index in [0.717, 1.165) is 35.9 Å². The van der Waals surface area contributed by atoms with E-state index in [1.54, 1.807) is 18.5 Å². The molecule has 7 nitrogen and oxygen atoms in total. The number of aryl methyl sites for hydroxylation is 1. The molecule has 3 heterocycles. The fourth-order valence-corrected chi connectivity index (χ4v) is 2.62. The van der Waals surface area contributed by atoms with Crippen LogP contribution in [-0.2, 0) is 4.74 Å². The van der Waals surface area contributed by atoms with E-state index in [2.05, 4.69) is 26.4 Å². The predicted octanol–water partition coefficient (Wildman–Crippen LogP) is 1.10. The van der Waals surface area contributed by atoms with Crippen molar-refractivity contribution in [3.8, 4) is 0 Å². The molecule has 2 N–H and O–H groups in total. The van der Waals surface area contributed by atoms with Crippen molar-refractivity contribution in [2.45, 2.75) is 6.92 Å². The molecule has 0 unspecified atom stereocenters. The zero-order valence-electron chi connectivity index (χ0n) is 13.1. The van der Waals surface area contributed by atoms with Crippen molar-refractivity contribution >= 4 is 11.5 Å². The highest BCUT2D eigenvalue weighted by Crippen LogP contribution is 2.14. The van der Waals surface area contributed by atoms with Crippen molar-refractivity contribution in [2.24, 2.45) is 10.7 Å². The minimum atomic E-state index is 0.417. The fourth-order valence-electron chi connectivity index (χ4n) is 2.62. The quantitative estimate of drug-likeness (QED) is 0.519. The van der Waals surface area contributed by atoms with E-state index >= 15 is 0 Å². The number of aromatic nitrogens is 3. The standard InChI is InChI=1S/C16H20N6O/c1-3-4-13(21-7-9-23-10-8-21)20-16(17)15-12(2)19-14-11-18-5-6-22(14)15/h3-6,11H,1,7-10H2,2H3,(H2,17,20)/b13-4+. The number of amidine groups is 1. The zero-order valence-corrected chi connectivity index (χ0v) is 13.1. The van der Waals surface area contributed by atoms with Crippen LogP contribution < -0.4 is 5.73 Å². The number of aliphatic imine (C=N–C) groups is 1. The van der Waals surface area contributed by atoms with Gasteiger partial charge in [0.1, 0.15) is 11.5 Å². The van der Waals surface area contributed by atoms with Gasteiger partial charge in [-0.2, -0.15) is 0 Å². The summed E-state index contributed by atoms with van der Waals surface area (Å²) in [6.45, 7) is 8.61. The molecule has 0 amide bonds. The summed E-state index contributed by atoms with van der Waals surface area (Å²) in [6.07, 6.45) is 8.81. The Balaban J connectivity index is 2.00. The van der Waals surface area contributed by atoms with Crippen molar-refractivity contribution in [1.82, 2.24) is 19.3 Å². The van der Waals surface area contributed by atoms with E-state index in [9.17, 15) is 0 Å². The summed E-state index contributed by atoms with van der Waals surface area (Å²) in [6, 6.07) is 0. The van der Waals surface area contributed by atoms with Crippen LogP contribution in [-0.4, -0.2) is 51.4 Å². The second kappa shape index (κ2) is 6.62. The first-order valence-electron chi connectivity index (χ1n) is 7.49. The van der Waals surface area contributed by atoms with Gasteiger partial charge < -0.3 is 15.4 Å². The topological polar surface area (TPSA) is 81.0 Å². The number of imidazole rings is 1. The van der Waals surface area contributed by atoms with Crippen molar-refractivity contribution in [2.75, 3.05) is 26.3 Å². The highest BCUT2D eigenvalue weighted by Gasteiger charge is 2.16. The number of rotatable bonds is 4. The number of ether oxygens (including phenoxy) is 1. The van der Waals surface area contributed by atoms with Crippen LogP contribution in [0.3, 0.4) is 0 Å². The Morgan fingerprint density at radius 3 is 2.96 bits per heavy atom. The summed E-state index contributed by atoms with van der Waals surface area (Å²) in [5, 5.41) is 0. The van der Waals surface area contributed by atoms with Crippen molar-refractivity contribution < 1.29 is 4.74 Å². The Bertz CT molecular complexity index is 770. The molecule has 0 saturated carbocycles. The summed E-state index contributed by atoms with van der Waals surface area (Å²) < 4.78 is 7.28. The third-order valence-corrected chi connectivity index (χ3v) is 3.68. The number of hydrogen-bond donors (Lipinski definition) is 1. The number of hydrogen-bond acceptors (Lipinski definition) is 5. The van der Waals surface area contributed by atoms with Gasteiger partial charge in [-0.1, -0.05) is 12.7 Å². The Morgan fingerprint density at radius 2 is 2.22 bits per heavy atom. The maximum absolute atomic E-state index is 6.28. The van der Waals surface area contributed by atoms with Crippen LogP contribution >= 0.6 is 0 Å². The molecule has 1 aliphatic heterocycles. The summed E-state index contributed by atoms with van der Waals surface area (Å²) >= 11 is 0. The highest BCUT2D eigenvalue weighted by molar-refractivity contribution is 5.98. The normalized spacial score (nSPS) is 16.8. The van der Waals surface area contributed by atoms with Gasteiger partial charge >= 0.3 is 0 Å². The van der Waals surface area contributed by atoms with Gasteiger partial charge in [-0.25, -0.2) is 9.98 Å². The van der Waals surface area contributed by atoms with Gasteiger partial charge in [0, 0.05) is 25.5 Å². The Kier molecular flexibility index (Phi) is 4.38.